The van der Waals surface area contributed by atoms with Crippen molar-refractivity contribution in [3.8, 4) is 11.8 Å². The fourth-order valence-electron chi connectivity index (χ4n) is 4.56. The monoisotopic (exact) mass is 433 g/mol. The van der Waals surface area contributed by atoms with Gasteiger partial charge in [0.15, 0.2) is 5.78 Å². The molecule has 31 heavy (non-hydrogen) atoms. The molecule has 0 saturated heterocycles. The van der Waals surface area contributed by atoms with E-state index in [-0.39, 0.29) is 11.2 Å². The number of carbonyl (C=O) groups excluding carboxylic acids is 1. The van der Waals surface area contributed by atoms with Crippen LogP contribution in [0.15, 0.2) is 71.2 Å². The van der Waals surface area contributed by atoms with Crippen LogP contribution in [0, 0.1) is 16.7 Å². The lowest BCUT2D eigenvalue weighted by atomic mass is 9.68. The van der Waals surface area contributed by atoms with E-state index in [9.17, 15) is 10.1 Å². The standard InChI is InChI=1S/C25H24ClN3O2/c1-25(2)12-20-23(21(30)13-25)22(17-6-4-5-7-19(17)26)18(14-27)24(28)29(20)15-8-10-16(31-3)11-9-15/h4-11,22H,12-13,28H2,1-3H3/t22-/m0/s1. The van der Waals surface area contributed by atoms with Crippen molar-refractivity contribution in [2.24, 2.45) is 11.1 Å². The van der Waals surface area contributed by atoms with Crippen molar-refractivity contribution in [1.29, 1.82) is 5.26 Å². The first-order chi connectivity index (χ1) is 14.8. The summed E-state index contributed by atoms with van der Waals surface area (Å²) in [4.78, 5) is 15.3. The van der Waals surface area contributed by atoms with Crippen molar-refractivity contribution in [2.45, 2.75) is 32.6 Å². The number of methoxy groups -OCH3 is 1. The normalized spacial score (nSPS) is 20.4. The van der Waals surface area contributed by atoms with E-state index in [4.69, 9.17) is 22.1 Å². The van der Waals surface area contributed by atoms with Crippen LogP contribution >= 0.6 is 11.6 Å². The Labute approximate surface area is 187 Å². The lowest BCUT2D eigenvalue weighted by molar-refractivity contribution is -0.118. The molecule has 0 radical (unpaired) electrons. The largest absolute Gasteiger partial charge is 0.497 e. The molecule has 0 amide bonds. The van der Waals surface area contributed by atoms with Crippen LogP contribution in [0.25, 0.3) is 0 Å². The van der Waals surface area contributed by atoms with Crippen molar-refractivity contribution in [3.63, 3.8) is 0 Å². The first kappa shape index (κ1) is 21.0. The average molecular weight is 434 g/mol. The molecule has 0 bridgehead atoms. The zero-order valence-corrected chi connectivity index (χ0v) is 18.5. The van der Waals surface area contributed by atoms with E-state index in [1.54, 1.807) is 13.2 Å². The Bertz CT molecular complexity index is 1160. The predicted molar refractivity (Wildman–Crippen MR) is 122 cm³/mol. The molecular formula is C25H24ClN3O2. The summed E-state index contributed by atoms with van der Waals surface area (Å²) >= 11 is 6.52. The highest BCUT2D eigenvalue weighted by Gasteiger charge is 2.45. The van der Waals surface area contributed by atoms with E-state index in [0.717, 1.165) is 16.9 Å². The van der Waals surface area contributed by atoms with E-state index >= 15 is 0 Å². The second kappa shape index (κ2) is 7.79. The van der Waals surface area contributed by atoms with Gasteiger partial charge in [-0.3, -0.25) is 9.69 Å². The molecule has 158 valence electrons. The van der Waals surface area contributed by atoms with Gasteiger partial charge in [-0.15, -0.1) is 0 Å². The van der Waals surface area contributed by atoms with E-state index in [0.29, 0.717) is 40.6 Å². The molecule has 0 aromatic heterocycles. The van der Waals surface area contributed by atoms with Crippen LogP contribution in [0.3, 0.4) is 0 Å². The zero-order valence-electron chi connectivity index (χ0n) is 17.8. The Kier molecular flexibility index (Phi) is 5.28. The fourth-order valence-corrected chi connectivity index (χ4v) is 4.80. The number of Topliss-reactive ketones (excluding diaryl/α,β-unsaturated/α-hetero) is 1. The number of ether oxygens (including phenoxy) is 1. The number of nitrogens with two attached hydrogens (primary N) is 1. The average Bonchev–Trinajstić information content (AvgIpc) is 2.73. The summed E-state index contributed by atoms with van der Waals surface area (Å²) in [5.41, 5.74) is 9.65. The Morgan fingerprint density at radius 3 is 2.45 bits per heavy atom. The quantitative estimate of drug-likeness (QED) is 0.711. The van der Waals surface area contributed by atoms with Crippen LogP contribution in [-0.4, -0.2) is 12.9 Å². The van der Waals surface area contributed by atoms with Gasteiger partial charge in [-0.2, -0.15) is 5.26 Å². The molecular weight excluding hydrogens is 410 g/mol. The minimum absolute atomic E-state index is 0.0231. The first-order valence-corrected chi connectivity index (χ1v) is 10.5. The number of hydrogen-bond donors (Lipinski definition) is 1. The van der Waals surface area contributed by atoms with Gasteiger partial charge in [0.2, 0.25) is 0 Å². The summed E-state index contributed by atoms with van der Waals surface area (Å²) < 4.78 is 5.28. The Balaban J connectivity index is 1.99. The first-order valence-electron chi connectivity index (χ1n) is 10.1. The smallest absolute Gasteiger partial charge is 0.162 e. The van der Waals surface area contributed by atoms with E-state index in [1.807, 2.05) is 47.4 Å². The van der Waals surface area contributed by atoms with Crippen molar-refractivity contribution >= 4 is 23.1 Å². The van der Waals surface area contributed by atoms with E-state index in [1.165, 1.54) is 0 Å². The molecule has 6 heteroatoms. The number of allylic oxidation sites excluding steroid dienone is 3. The van der Waals surface area contributed by atoms with Crippen LogP contribution in [0.2, 0.25) is 5.02 Å². The molecule has 0 spiro atoms. The van der Waals surface area contributed by atoms with Crippen LogP contribution < -0.4 is 15.4 Å². The molecule has 1 heterocycles. The van der Waals surface area contributed by atoms with Gasteiger partial charge >= 0.3 is 0 Å². The van der Waals surface area contributed by atoms with Gasteiger partial charge in [0, 0.05) is 28.4 Å². The van der Waals surface area contributed by atoms with Crippen molar-refractivity contribution in [2.75, 3.05) is 12.0 Å². The highest BCUT2D eigenvalue weighted by Crippen LogP contribution is 2.51. The zero-order chi connectivity index (χ0) is 22.3. The van der Waals surface area contributed by atoms with Gasteiger partial charge in [-0.1, -0.05) is 43.6 Å². The number of hydrogen-bond acceptors (Lipinski definition) is 5. The highest BCUT2D eigenvalue weighted by molar-refractivity contribution is 6.31. The van der Waals surface area contributed by atoms with Gasteiger partial charge < -0.3 is 10.5 Å². The molecule has 2 aromatic rings. The fraction of sp³-hybridized carbons (Fsp3) is 0.280. The maximum Gasteiger partial charge on any atom is 0.162 e. The van der Waals surface area contributed by atoms with E-state index in [2.05, 4.69) is 19.9 Å². The number of carbonyl (C=O) groups is 1. The molecule has 5 nitrogen and oxygen atoms in total. The maximum atomic E-state index is 13.5. The molecule has 4 rings (SSSR count). The summed E-state index contributed by atoms with van der Waals surface area (Å²) in [7, 11) is 1.61. The lowest BCUT2D eigenvalue weighted by Gasteiger charge is -2.43. The molecule has 0 saturated carbocycles. The molecule has 0 fully saturated rings. The number of anilines is 1. The molecule has 1 aliphatic heterocycles. The molecule has 1 aliphatic carbocycles. The van der Waals surface area contributed by atoms with Gasteiger partial charge in [-0.05, 0) is 47.7 Å². The van der Waals surface area contributed by atoms with Crippen molar-refractivity contribution < 1.29 is 9.53 Å². The number of halogens is 1. The van der Waals surface area contributed by atoms with Gasteiger partial charge in [-0.25, -0.2) is 0 Å². The summed E-state index contributed by atoms with van der Waals surface area (Å²) in [5, 5.41) is 10.6. The Hall–Kier alpha value is -3.23. The number of nitriles is 1. The number of rotatable bonds is 3. The van der Waals surface area contributed by atoms with E-state index < -0.39 is 5.92 Å². The molecule has 1 atom stereocenters. The molecule has 2 aliphatic rings. The van der Waals surface area contributed by atoms with Gasteiger partial charge in [0.05, 0.1) is 24.7 Å². The summed E-state index contributed by atoms with van der Waals surface area (Å²) in [6, 6.07) is 17.0. The summed E-state index contributed by atoms with van der Waals surface area (Å²) in [5.74, 6) is 0.482. The minimum atomic E-state index is -0.577. The Morgan fingerprint density at radius 1 is 1.16 bits per heavy atom. The number of benzene rings is 2. The molecule has 2 N–H and O–H groups in total. The van der Waals surface area contributed by atoms with Crippen LogP contribution in [0.4, 0.5) is 5.69 Å². The predicted octanol–water partition coefficient (Wildman–Crippen LogP) is 5.29. The third-order valence-corrected chi connectivity index (χ3v) is 6.27. The van der Waals surface area contributed by atoms with Crippen LogP contribution in [-0.2, 0) is 4.79 Å². The summed E-state index contributed by atoms with van der Waals surface area (Å²) in [6.07, 6.45) is 1.06. The van der Waals surface area contributed by atoms with Crippen LogP contribution in [0.1, 0.15) is 38.2 Å². The highest BCUT2D eigenvalue weighted by atomic mass is 35.5. The second-order valence-corrected chi connectivity index (χ2v) is 9.11. The number of ketones is 1. The molecule has 2 aromatic carbocycles. The topological polar surface area (TPSA) is 79.3 Å². The van der Waals surface area contributed by atoms with Crippen LogP contribution in [0.5, 0.6) is 5.75 Å². The minimum Gasteiger partial charge on any atom is -0.497 e. The van der Waals surface area contributed by atoms with Gasteiger partial charge in [0.25, 0.3) is 0 Å². The second-order valence-electron chi connectivity index (χ2n) is 8.70. The third-order valence-electron chi connectivity index (χ3n) is 5.93. The number of nitrogens with zero attached hydrogens (tertiary/aromatic N) is 2. The Morgan fingerprint density at radius 2 is 1.84 bits per heavy atom. The van der Waals surface area contributed by atoms with Gasteiger partial charge in [0.1, 0.15) is 11.6 Å². The van der Waals surface area contributed by atoms with Crippen molar-refractivity contribution in [3.05, 3.63) is 81.8 Å². The van der Waals surface area contributed by atoms with Crippen molar-refractivity contribution in [1.82, 2.24) is 0 Å². The third kappa shape index (κ3) is 3.58. The lowest BCUT2D eigenvalue weighted by Crippen LogP contribution is -2.42. The molecule has 0 unspecified atom stereocenters. The summed E-state index contributed by atoms with van der Waals surface area (Å²) in [6.45, 7) is 4.15. The SMILES string of the molecule is COc1ccc(N2C(N)=C(C#N)[C@H](c3ccccc3Cl)C3=C2CC(C)(C)CC3=O)cc1. The maximum absolute atomic E-state index is 13.5.